The van der Waals surface area contributed by atoms with Crippen LogP contribution in [0.15, 0.2) is 49.1 Å². The number of carbonyl (C=O) groups excluding carboxylic acids is 1. The van der Waals surface area contributed by atoms with E-state index in [9.17, 15) is 4.79 Å². The number of urea groups is 1. The van der Waals surface area contributed by atoms with E-state index >= 15 is 0 Å². The Kier molecular flexibility index (Phi) is 5.01. The van der Waals surface area contributed by atoms with Crippen LogP contribution in [0.4, 0.5) is 16.2 Å². The Bertz CT molecular complexity index is 947. The molecule has 1 fully saturated rings. The molecule has 0 bridgehead atoms. The van der Waals surface area contributed by atoms with Crippen molar-refractivity contribution in [1.82, 2.24) is 24.9 Å². The SMILES string of the molecule is Cc1ccc(-n2cccn2)cc1NC(=O)N[C@H]1CCCN(c2cnn(C)c2)C1. The van der Waals surface area contributed by atoms with Gasteiger partial charge in [-0.2, -0.15) is 10.2 Å². The molecule has 0 saturated carbocycles. The molecule has 0 unspecified atom stereocenters. The van der Waals surface area contributed by atoms with Gasteiger partial charge in [-0.05, 0) is 43.5 Å². The number of hydrogen-bond donors (Lipinski definition) is 2. The number of nitrogens with zero attached hydrogens (tertiary/aromatic N) is 5. The average Bonchev–Trinajstić information content (AvgIpc) is 3.36. The molecule has 1 aliphatic heterocycles. The summed E-state index contributed by atoms with van der Waals surface area (Å²) in [6.45, 7) is 3.75. The predicted octanol–water partition coefficient (Wildman–Crippen LogP) is 2.70. The minimum Gasteiger partial charge on any atom is -0.367 e. The van der Waals surface area contributed by atoms with Crippen LogP contribution in [0.3, 0.4) is 0 Å². The third kappa shape index (κ3) is 4.00. The number of nitrogens with one attached hydrogen (secondary N) is 2. The molecule has 2 aromatic heterocycles. The van der Waals surface area contributed by atoms with Gasteiger partial charge in [0.15, 0.2) is 0 Å². The largest absolute Gasteiger partial charge is 0.367 e. The molecular weight excluding hydrogens is 354 g/mol. The van der Waals surface area contributed by atoms with Crippen LogP contribution in [0.25, 0.3) is 5.69 Å². The molecule has 4 rings (SSSR count). The number of piperidine rings is 1. The summed E-state index contributed by atoms with van der Waals surface area (Å²) in [4.78, 5) is 14.9. The highest BCUT2D eigenvalue weighted by atomic mass is 16.2. The van der Waals surface area contributed by atoms with Crippen molar-refractivity contribution in [2.24, 2.45) is 7.05 Å². The topological polar surface area (TPSA) is 80.0 Å². The molecule has 0 radical (unpaired) electrons. The van der Waals surface area contributed by atoms with Crippen molar-refractivity contribution >= 4 is 17.4 Å². The first-order chi connectivity index (χ1) is 13.6. The molecule has 146 valence electrons. The normalized spacial score (nSPS) is 16.8. The Morgan fingerprint density at radius 1 is 1.25 bits per heavy atom. The minimum absolute atomic E-state index is 0.101. The number of amides is 2. The van der Waals surface area contributed by atoms with Crippen LogP contribution in [-0.2, 0) is 7.05 Å². The maximum Gasteiger partial charge on any atom is 0.319 e. The van der Waals surface area contributed by atoms with Gasteiger partial charge in [-0.25, -0.2) is 9.48 Å². The lowest BCUT2D eigenvalue weighted by molar-refractivity contribution is 0.246. The van der Waals surface area contributed by atoms with Gasteiger partial charge in [0, 0.05) is 50.5 Å². The maximum absolute atomic E-state index is 12.6. The Hall–Kier alpha value is -3.29. The zero-order valence-corrected chi connectivity index (χ0v) is 16.2. The van der Waals surface area contributed by atoms with E-state index in [1.807, 2.05) is 56.8 Å². The van der Waals surface area contributed by atoms with Crippen LogP contribution in [-0.4, -0.2) is 44.7 Å². The summed E-state index contributed by atoms with van der Waals surface area (Å²) >= 11 is 0. The average molecular weight is 379 g/mol. The van der Waals surface area contributed by atoms with Crippen molar-refractivity contribution in [1.29, 1.82) is 0 Å². The standard InChI is InChI=1S/C20H25N7O/c1-15-6-7-17(27-10-4-8-21-27)11-19(15)24-20(28)23-16-5-3-9-26(13-16)18-12-22-25(2)14-18/h4,6-8,10-12,14,16H,3,5,9,13H2,1-2H3,(H2,23,24,28)/t16-/m0/s1. The van der Waals surface area contributed by atoms with E-state index < -0.39 is 0 Å². The lowest BCUT2D eigenvalue weighted by atomic mass is 10.1. The van der Waals surface area contributed by atoms with Gasteiger partial charge >= 0.3 is 6.03 Å². The molecule has 8 nitrogen and oxygen atoms in total. The summed E-state index contributed by atoms with van der Waals surface area (Å²) in [6.07, 6.45) is 9.49. The molecular formula is C20H25N7O. The molecule has 2 amide bonds. The molecule has 1 saturated heterocycles. The van der Waals surface area contributed by atoms with Crippen molar-refractivity contribution < 1.29 is 4.79 Å². The number of aryl methyl sites for hydroxylation is 2. The van der Waals surface area contributed by atoms with Gasteiger partial charge in [0.1, 0.15) is 0 Å². The van der Waals surface area contributed by atoms with Crippen LogP contribution in [0.5, 0.6) is 0 Å². The fourth-order valence-electron chi connectivity index (χ4n) is 3.55. The quantitative estimate of drug-likeness (QED) is 0.730. The fraction of sp³-hybridized carbons (Fsp3) is 0.350. The Morgan fingerprint density at radius 3 is 2.89 bits per heavy atom. The van der Waals surface area contributed by atoms with E-state index in [4.69, 9.17) is 0 Å². The molecule has 3 heterocycles. The van der Waals surface area contributed by atoms with Crippen LogP contribution >= 0.6 is 0 Å². The van der Waals surface area contributed by atoms with Crippen LogP contribution in [0, 0.1) is 6.92 Å². The minimum atomic E-state index is -0.182. The van der Waals surface area contributed by atoms with Gasteiger partial charge in [0.2, 0.25) is 0 Å². The number of rotatable bonds is 4. The second-order valence-electron chi connectivity index (χ2n) is 7.21. The first-order valence-corrected chi connectivity index (χ1v) is 9.50. The summed E-state index contributed by atoms with van der Waals surface area (Å²) in [6, 6.07) is 7.69. The summed E-state index contributed by atoms with van der Waals surface area (Å²) in [7, 11) is 1.91. The lowest BCUT2D eigenvalue weighted by Gasteiger charge is -2.33. The van der Waals surface area contributed by atoms with Crippen molar-refractivity contribution in [3.63, 3.8) is 0 Å². The van der Waals surface area contributed by atoms with E-state index in [0.29, 0.717) is 0 Å². The molecule has 0 aliphatic carbocycles. The summed E-state index contributed by atoms with van der Waals surface area (Å²) < 4.78 is 3.57. The van der Waals surface area contributed by atoms with Gasteiger partial charge in [-0.3, -0.25) is 4.68 Å². The first kappa shape index (κ1) is 18.1. The van der Waals surface area contributed by atoms with Crippen LogP contribution < -0.4 is 15.5 Å². The van der Waals surface area contributed by atoms with Gasteiger partial charge in [-0.1, -0.05) is 6.07 Å². The molecule has 0 spiro atoms. The van der Waals surface area contributed by atoms with Crippen LogP contribution in [0.1, 0.15) is 18.4 Å². The summed E-state index contributed by atoms with van der Waals surface area (Å²) in [5.41, 5.74) is 3.79. The first-order valence-electron chi connectivity index (χ1n) is 9.50. The van der Waals surface area contributed by atoms with Crippen LogP contribution in [0.2, 0.25) is 0 Å². The highest BCUT2D eigenvalue weighted by Crippen LogP contribution is 2.21. The smallest absolute Gasteiger partial charge is 0.319 e. The maximum atomic E-state index is 12.6. The second kappa shape index (κ2) is 7.75. The van der Waals surface area contributed by atoms with E-state index in [-0.39, 0.29) is 12.1 Å². The summed E-state index contributed by atoms with van der Waals surface area (Å²) in [5.74, 6) is 0. The second-order valence-corrected chi connectivity index (χ2v) is 7.21. The third-order valence-electron chi connectivity index (χ3n) is 5.05. The zero-order chi connectivity index (χ0) is 19.5. The van der Waals surface area contributed by atoms with E-state index in [2.05, 4.69) is 25.7 Å². The molecule has 1 atom stereocenters. The molecule has 1 aliphatic rings. The highest BCUT2D eigenvalue weighted by Gasteiger charge is 2.22. The van der Waals surface area contributed by atoms with Gasteiger partial charge in [0.25, 0.3) is 0 Å². The van der Waals surface area contributed by atoms with E-state index in [1.165, 1.54) is 0 Å². The number of benzene rings is 1. The zero-order valence-electron chi connectivity index (χ0n) is 16.2. The van der Waals surface area contributed by atoms with E-state index in [1.54, 1.807) is 15.6 Å². The van der Waals surface area contributed by atoms with Crippen molar-refractivity contribution in [3.05, 3.63) is 54.6 Å². The van der Waals surface area contributed by atoms with Crippen molar-refractivity contribution in [2.45, 2.75) is 25.8 Å². The third-order valence-corrected chi connectivity index (χ3v) is 5.05. The van der Waals surface area contributed by atoms with Crippen molar-refractivity contribution in [3.8, 4) is 5.69 Å². The molecule has 8 heteroatoms. The Morgan fingerprint density at radius 2 is 2.14 bits per heavy atom. The highest BCUT2D eigenvalue weighted by molar-refractivity contribution is 5.90. The molecule has 28 heavy (non-hydrogen) atoms. The molecule has 1 aromatic carbocycles. The monoisotopic (exact) mass is 379 g/mol. The Balaban J connectivity index is 1.39. The Labute approximate surface area is 164 Å². The lowest BCUT2D eigenvalue weighted by Crippen LogP contribution is -2.49. The fourth-order valence-corrected chi connectivity index (χ4v) is 3.55. The molecule has 3 aromatic rings. The van der Waals surface area contributed by atoms with Gasteiger partial charge in [0.05, 0.1) is 17.6 Å². The van der Waals surface area contributed by atoms with Crippen molar-refractivity contribution in [2.75, 3.05) is 23.3 Å². The van der Waals surface area contributed by atoms with Gasteiger partial charge in [-0.15, -0.1) is 0 Å². The number of hydrogen-bond acceptors (Lipinski definition) is 4. The predicted molar refractivity (Wildman–Crippen MR) is 109 cm³/mol. The summed E-state index contributed by atoms with van der Waals surface area (Å²) in [5, 5.41) is 14.6. The number of carbonyl (C=O) groups is 1. The molecule has 2 N–H and O–H groups in total. The number of anilines is 2. The van der Waals surface area contributed by atoms with Gasteiger partial charge < -0.3 is 15.5 Å². The van der Waals surface area contributed by atoms with E-state index in [0.717, 1.165) is 48.6 Å². The number of aromatic nitrogens is 4.